The maximum atomic E-state index is 5.14. The summed E-state index contributed by atoms with van der Waals surface area (Å²) < 4.78 is 5.14. The first-order valence-electron chi connectivity index (χ1n) is 5.62. The molecule has 0 fully saturated rings. The monoisotopic (exact) mass is 215 g/mol. The van der Waals surface area contributed by atoms with Crippen LogP contribution in [0.1, 0.15) is 25.3 Å². The van der Waals surface area contributed by atoms with Gasteiger partial charge in [0, 0.05) is 11.9 Å². The second-order valence-corrected chi connectivity index (χ2v) is 4.18. The molecule has 0 N–H and O–H groups in total. The molecule has 84 valence electrons. The van der Waals surface area contributed by atoms with Crippen LogP contribution in [-0.2, 0) is 6.42 Å². The van der Waals surface area contributed by atoms with Crippen molar-refractivity contribution in [1.29, 1.82) is 0 Å². The minimum atomic E-state index is 0.912. The predicted molar refractivity (Wildman–Crippen MR) is 67.1 cm³/mol. The molecule has 1 aliphatic heterocycles. The van der Waals surface area contributed by atoms with E-state index in [-0.39, 0.29) is 0 Å². The zero-order valence-electron chi connectivity index (χ0n) is 9.86. The highest BCUT2D eigenvalue weighted by molar-refractivity contribution is 5.83. The van der Waals surface area contributed by atoms with E-state index in [4.69, 9.17) is 4.74 Å². The first-order valence-corrected chi connectivity index (χ1v) is 5.62. The summed E-state index contributed by atoms with van der Waals surface area (Å²) in [5.74, 6) is 0.912. The van der Waals surface area contributed by atoms with Gasteiger partial charge in [0.1, 0.15) is 5.75 Å². The van der Waals surface area contributed by atoms with Crippen molar-refractivity contribution in [2.75, 3.05) is 7.11 Å². The van der Waals surface area contributed by atoms with Crippen LogP contribution in [0.4, 0.5) is 0 Å². The summed E-state index contributed by atoms with van der Waals surface area (Å²) in [7, 11) is 1.69. The van der Waals surface area contributed by atoms with E-state index in [2.05, 4.69) is 24.0 Å². The lowest BCUT2D eigenvalue weighted by molar-refractivity contribution is 0.414. The summed E-state index contributed by atoms with van der Waals surface area (Å²) in [6.07, 6.45) is 5.26. The van der Waals surface area contributed by atoms with Gasteiger partial charge in [-0.25, -0.2) is 0 Å². The van der Waals surface area contributed by atoms with Gasteiger partial charge < -0.3 is 4.74 Å². The van der Waals surface area contributed by atoms with Crippen molar-refractivity contribution < 1.29 is 4.74 Å². The molecule has 0 saturated carbocycles. The number of ether oxygens (including phenoxy) is 1. The quantitative estimate of drug-likeness (QED) is 0.757. The molecule has 1 aromatic carbocycles. The predicted octanol–water partition coefficient (Wildman–Crippen LogP) is 3.38. The lowest BCUT2D eigenvalue weighted by Crippen LogP contribution is -2.00. The van der Waals surface area contributed by atoms with Gasteiger partial charge >= 0.3 is 0 Å². The van der Waals surface area contributed by atoms with Crippen molar-refractivity contribution in [3.63, 3.8) is 0 Å². The van der Waals surface area contributed by atoms with E-state index >= 15 is 0 Å². The van der Waals surface area contributed by atoms with Gasteiger partial charge in [-0.3, -0.25) is 4.99 Å². The van der Waals surface area contributed by atoms with Crippen molar-refractivity contribution in [3.8, 4) is 5.75 Å². The molecule has 0 saturated heterocycles. The Morgan fingerprint density at radius 3 is 2.50 bits per heavy atom. The highest BCUT2D eigenvalue weighted by Gasteiger charge is 2.05. The van der Waals surface area contributed by atoms with Crippen molar-refractivity contribution in [2.24, 2.45) is 4.99 Å². The molecule has 2 heteroatoms. The van der Waals surface area contributed by atoms with Crippen LogP contribution in [0.2, 0.25) is 0 Å². The third kappa shape index (κ3) is 2.72. The Bertz CT molecular complexity index is 415. The zero-order valence-corrected chi connectivity index (χ0v) is 9.86. The van der Waals surface area contributed by atoms with Crippen LogP contribution in [0, 0.1) is 0 Å². The number of nitrogens with zero attached hydrogens (tertiary/aromatic N) is 1. The minimum Gasteiger partial charge on any atom is -0.497 e. The Balaban J connectivity index is 2.04. The van der Waals surface area contributed by atoms with Crippen LogP contribution in [0.3, 0.4) is 0 Å². The number of rotatable bonds is 3. The SMILES string of the molecule is COc1ccc(CC2=CN=C(C)CC2)cc1. The van der Waals surface area contributed by atoms with Crippen molar-refractivity contribution in [3.05, 3.63) is 41.6 Å². The first kappa shape index (κ1) is 10.9. The molecule has 1 aliphatic rings. The largest absolute Gasteiger partial charge is 0.497 e. The topological polar surface area (TPSA) is 21.6 Å². The van der Waals surface area contributed by atoms with Gasteiger partial charge in [0.15, 0.2) is 0 Å². The molecule has 0 radical (unpaired) electrons. The first-order chi connectivity index (χ1) is 7.78. The smallest absolute Gasteiger partial charge is 0.118 e. The molecule has 0 amide bonds. The summed E-state index contributed by atoms with van der Waals surface area (Å²) >= 11 is 0. The molecule has 0 unspecified atom stereocenters. The molecule has 2 nitrogen and oxygen atoms in total. The Morgan fingerprint density at radius 1 is 1.19 bits per heavy atom. The molecule has 0 bridgehead atoms. The van der Waals surface area contributed by atoms with E-state index < -0.39 is 0 Å². The van der Waals surface area contributed by atoms with Crippen LogP contribution < -0.4 is 4.74 Å². The van der Waals surface area contributed by atoms with Gasteiger partial charge in [-0.15, -0.1) is 0 Å². The number of benzene rings is 1. The molecule has 0 spiro atoms. The van der Waals surface area contributed by atoms with Gasteiger partial charge in [-0.1, -0.05) is 12.1 Å². The van der Waals surface area contributed by atoms with E-state index in [1.54, 1.807) is 7.11 Å². The van der Waals surface area contributed by atoms with Gasteiger partial charge in [-0.2, -0.15) is 0 Å². The average Bonchev–Trinajstić information content (AvgIpc) is 2.33. The van der Waals surface area contributed by atoms with Crippen LogP contribution in [0.25, 0.3) is 0 Å². The van der Waals surface area contributed by atoms with Crippen LogP contribution in [0.15, 0.2) is 41.0 Å². The van der Waals surface area contributed by atoms with Gasteiger partial charge in [0.05, 0.1) is 7.11 Å². The molecule has 1 aromatic rings. The lowest BCUT2D eigenvalue weighted by atomic mass is 9.99. The van der Waals surface area contributed by atoms with E-state index in [0.717, 1.165) is 25.0 Å². The van der Waals surface area contributed by atoms with Crippen molar-refractivity contribution in [1.82, 2.24) is 0 Å². The molecule has 0 aromatic heterocycles. The van der Waals surface area contributed by atoms with E-state index in [1.807, 2.05) is 18.3 Å². The molecule has 2 rings (SSSR count). The Kier molecular flexibility index (Phi) is 3.40. The van der Waals surface area contributed by atoms with E-state index in [9.17, 15) is 0 Å². The van der Waals surface area contributed by atoms with Gasteiger partial charge in [0.25, 0.3) is 0 Å². The summed E-state index contributed by atoms with van der Waals surface area (Å²) in [6, 6.07) is 8.25. The van der Waals surface area contributed by atoms with Crippen LogP contribution >= 0.6 is 0 Å². The Hall–Kier alpha value is -1.57. The molecular formula is C14H17NO. The zero-order chi connectivity index (χ0) is 11.4. The fourth-order valence-corrected chi connectivity index (χ4v) is 1.81. The standard InChI is InChI=1S/C14H17NO/c1-11-3-4-13(10-15-11)9-12-5-7-14(16-2)8-6-12/h5-8,10H,3-4,9H2,1-2H3. The number of allylic oxidation sites excluding steroid dienone is 1. The Labute approximate surface area is 96.7 Å². The normalized spacial score (nSPS) is 15.4. The van der Waals surface area contributed by atoms with E-state index in [1.165, 1.54) is 16.8 Å². The minimum absolute atomic E-state index is 0.912. The number of aliphatic imine (C=N–C) groups is 1. The summed E-state index contributed by atoms with van der Waals surface area (Å²) in [4.78, 5) is 4.37. The number of methoxy groups -OCH3 is 1. The summed E-state index contributed by atoms with van der Waals surface area (Å²) in [5.41, 5.74) is 3.97. The fourth-order valence-electron chi connectivity index (χ4n) is 1.81. The van der Waals surface area contributed by atoms with Gasteiger partial charge in [-0.05, 0) is 49.5 Å². The number of hydrogen-bond donors (Lipinski definition) is 0. The maximum absolute atomic E-state index is 5.14. The van der Waals surface area contributed by atoms with Crippen LogP contribution in [-0.4, -0.2) is 12.8 Å². The molecule has 16 heavy (non-hydrogen) atoms. The third-order valence-corrected chi connectivity index (χ3v) is 2.87. The Morgan fingerprint density at radius 2 is 1.94 bits per heavy atom. The van der Waals surface area contributed by atoms with Crippen molar-refractivity contribution in [2.45, 2.75) is 26.2 Å². The van der Waals surface area contributed by atoms with Crippen LogP contribution in [0.5, 0.6) is 5.75 Å². The molecular weight excluding hydrogens is 198 g/mol. The maximum Gasteiger partial charge on any atom is 0.118 e. The molecule has 0 aliphatic carbocycles. The molecule has 0 atom stereocenters. The second kappa shape index (κ2) is 4.97. The fraction of sp³-hybridized carbons (Fsp3) is 0.357. The highest BCUT2D eigenvalue weighted by atomic mass is 16.5. The summed E-state index contributed by atoms with van der Waals surface area (Å²) in [5, 5.41) is 0. The summed E-state index contributed by atoms with van der Waals surface area (Å²) in [6.45, 7) is 2.08. The number of hydrogen-bond acceptors (Lipinski definition) is 2. The highest BCUT2D eigenvalue weighted by Crippen LogP contribution is 2.19. The molecule has 1 heterocycles. The average molecular weight is 215 g/mol. The third-order valence-electron chi connectivity index (χ3n) is 2.87. The second-order valence-electron chi connectivity index (χ2n) is 4.18. The van der Waals surface area contributed by atoms with Crippen molar-refractivity contribution >= 4 is 5.71 Å². The van der Waals surface area contributed by atoms with E-state index in [0.29, 0.717) is 0 Å². The van der Waals surface area contributed by atoms with Gasteiger partial charge in [0.2, 0.25) is 0 Å². The lowest BCUT2D eigenvalue weighted by Gasteiger charge is -2.11.